The Morgan fingerprint density at radius 3 is 2.12 bits per heavy atom. The predicted octanol–water partition coefficient (Wildman–Crippen LogP) is 4.79. The summed E-state index contributed by atoms with van der Waals surface area (Å²) in [6.45, 7) is -3.05. The van der Waals surface area contributed by atoms with Gasteiger partial charge in [-0.05, 0) is 35.9 Å². The number of ether oxygens (including phenoxy) is 1. The lowest BCUT2D eigenvalue weighted by molar-refractivity contribution is -0.119. The molecule has 3 aromatic rings. The van der Waals surface area contributed by atoms with Crippen LogP contribution in [0.5, 0.6) is 5.75 Å². The first-order valence-electron chi connectivity index (χ1n) is 9.91. The molecule has 0 saturated heterocycles. The molecule has 6 nitrogen and oxygen atoms in total. The quantitative estimate of drug-likeness (QED) is 0.504. The van der Waals surface area contributed by atoms with Gasteiger partial charge in [-0.15, -0.1) is 0 Å². The fourth-order valence-corrected chi connectivity index (χ4v) is 3.85. The van der Waals surface area contributed by atoms with E-state index in [1.54, 1.807) is 36.4 Å². The Morgan fingerprint density at radius 2 is 1.55 bits per heavy atom. The highest BCUT2D eigenvalue weighted by Crippen LogP contribution is 2.30. The lowest BCUT2D eigenvalue weighted by Crippen LogP contribution is -2.48. The van der Waals surface area contributed by atoms with E-state index in [9.17, 15) is 23.2 Å². The maximum Gasteiger partial charge on any atom is 0.387 e. The van der Waals surface area contributed by atoms with Gasteiger partial charge in [-0.1, -0.05) is 54.1 Å². The van der Waals surface area contributed by atoms with E-state index in [1.807, 2.05) is 6.07 Å². The second kappa shape index (κ2) is 9.38. The predicted molar refractivity (Wildman–Crippen MR) is 118 cm³/mol. The Bertz CT molecular complexity index is 1190. The monoisotopic (exact) mass is 470 g/mol. The summed E-state index contributed by atoms with van der Waals surface area (Å²) in [4.78, 5) is 40.2. The van der Waals surface area contributed by atoms with Crippen molar-refractivity contribution in [1.29, 1.82) is 0 Å². The summed E-state index contributed by atoms with van der Waals surface area (Å²) in [6.07, 6.45) is 0.0818. The summed E-state index contributed by atoms with van der Waals surface area (Å²) in [5.74, 6) is -2.01. The molecule has 0 bridgehead atoms. The van der Waals surface area contributed by atoms with Crippen LogP contribution in [-0.4, -0.2) is 35.3 Å². The number of amides is 3. The topological polar surface area (TPSA) is 75.7 Å². The molecule has 1 heterocycles. The van der Waals surface area contributed by atoms with E-state index in [1.165, 1.54) is 30.3 Å². The number of alkyl halides is 2. The Balaban J connectivity index is 1.63. The molecule has 1 unspecified atom stereocenters. The SMILES string of the molecule is O=C(Nc1ccc(OC(F)F)c(Cl)c1)C(Cc1ccccc1)N1C(=O)c2ccccc2C1=O. The number of carbonyl (C=O) groups is 3. The maximum absolute atomic E-state index is 13.3. The summed E-state index contributed by atoms with van der Waals surface area (Å²) in [5, 5.41) is 2.48. The molecule has 0 spiro atoms. The number of halogens is 3. The zero-order valence-corrected chi connectivity index (χ0v) is 17.8. The van der Waals surface area contributed by atoms with E-state index < -0.39 is 30.4 Å². The largest absolute Gasteiger partial charge is 0.433 e. The molecule has 0 saturated carbocycles. The van der Waals surface area contributed by atoms with E-state index in [2.05, 4.69) is 10.1 Å². The smallest absolute Gasteiger partial charge is 0.387 e. The Hall–Kier alpha value is -3.78. The lowest BCUT2D eigenvalue weighted by Gasteiger charge is -2.25. The molecule has 1 aliphatic heterocycles. The summed E-state index contributed by atoms with van der Waals surface area (Å²) in [5.41, 5.74) is 1.39. The minimum atomic E-state index is -3.05. The van der Waals surface area contributed by atoms with Crippen LogP contribution in [0.2, 0.25) is 5.02 Å². The van der Waals surface area contributed by atoms with Gasteiger partial charge in [0.1, 0.15) is 11.8 Å². The third-order valence-electron chi connectivity index (χ3n) is 5.13. The van der Waals surface area contributed by atoms with Crippen molar-refractivity contribution in [2.24, 2.45) is 0 Å². The molecular weight excluding hydrogens is 454 g/mol. The standard InChI is InChI=1S/C24H17ClF2N2O4/c25-18-13-15(10-11-20(18)33-24(26)27)28-21(30)19(12-14-6-2-1-3-7-14)29-22(31)16-8-4-5-9-17(16)23(29)32/h1-11,13,19,24H,12H2,(H,28,30). The van der Waals surface area contributed by atoms with Gasteiger partial charge in [0.2, 0.25) is 5.91 Å². The number of rotatable bonds is 7. The van der Waals surface area contributed by atoms with Crippen LogP contribution >= 0.6 is 11.6 Å². The van der Waals surface area contributed by atoms with Crippen molar-refractivity contribution in [1.82, 2.24) is 4.90 Å². The molecule has 1 atom stereocenters. The zero-order valence-electron chi connectivity index (χ0n) is 17.0. The molecule has 1 aliphatic rings. The van der Waals surface area contributed by atoms with Gasteiger partial charge in [-0.3, -0.25) is 19.3 Å². The van der Waals surface area contributed by atoms with Gasteiger partial charge in [0, 0.05) is 12.1 Å². The molecule has 168 valence electrons. The summed E-state index contributed by atoms with van der Waals surface area (Å²) in [7, 11) is 0. The van der Waals surface area contributed by atoms with Crippen LogP contribution in [0.25, 0.3) is 0 Å². The van der Waals surface area contributed by atoms with Gasteiger partial charge < -0.3 is 10.1 Å². The number of nitrogens with zero attached hydrogens (tertiary/aromatic N) is 1. The van der Waals surface area contributed by atoms with Crippen molar-refractivity contribution in [2.75, 3.05) is 5.32 Å². The van der Waals surface area contributed by atoms with E-state index in [4.69, 9.17) is 11.6 Å². The van der Waals surface area contributed by atoms with E-state index in [0.29, 0.717) is 0 Å². The van der Waals surface area contributed by atoms with Crippen molar-refractivity contribution in [3.63, 3.8) is 0 Å². The molecule has 0 aromatic heterocycles. The average molecular weight is 471 g/mol. The number of nitrogens with one attached hydrogen (secondary N) is 1. The number of carbonyl (C=O) groups excluding carboxylic acids is 3. The van der Waals surface area contributed by atoms with Crippen LogP contribution in [-0.2, 0) is 11.2 Å². The number of fused-ring (bicyclic) bond motifs is 1. The van der Waals surface area contributed by atoms with Crippen molar-refractivity contribution in [3.8, 4) is 5.75 Å². The van der Waals surface area contributed by atoms with Crippen LogP contribution in [0.15, 0.2) is 72.8 Å². The van der Waals surface area contributed by atoms with Gasteiger partial charge >= 0.3 is 6.61 Å². The minimum Gasteiger partial charge on any atom is -0.433 e. The molecule has 3 amide bonds. The number of hydrogen-bond acceptors (Lipinski definition) is 4. The van der Waals surface area contributed by atoms with Crippen LogP contribution in [0.3, 0.4) is 0 Å². The molecule has 0 radical (unpaired) electrons. The van der Waals surface area contributed by atoms with Gasteiger partial charge in [0.15, 0.2) is 0 Å². The molecule has 0 fully saturated rings. The van der Waals surface area contributed by atoms with Crippen LogP contribution < -0.4 is 10.1 Å². The second-order valence-corrected chi connectivity index (χ2v) is 7.65. The molecule has 9 heteroatoms. The highest BCUT2D eigenvalue weighted by molar-refractivity contribution is 6.32. The van der Waals surface area contributed by atoms with Gasteiger partial charge in [0.25, 0.3) is 11.8 Å². The first-order chi connectivity index (χ1) is 15.8. The molecule has 3 aromatic carbocycles. The van der Waals surface area contributed by atoms with Crippen LogP contribution in [0.1, 0.15) is 26.3 Å². The highest BCUT2D eigenvalue weighted by atomic mass is 35.5. The zero-order chi connectivity index (χ0) is 23.5. The number of hydrogen-bond donors (Lipinski definition) is 1. The minimum absolute atomic E-state index is 0.0818. The average Bonchev–Trinajstić information content (AvgIpc) is 3.05. The number of anilines is 1. The third kappa shape index (κ3) is 4.70. The van der Waals surface area contributed by atoms with Gasteiger partial charge in [0.05, 0.1) is 16.1 Å². The van der Waals surface area contributed by atoms with Gasteiger partial charge in [-0.25, -0.2) is 0 Å². The molecule has 0 aliphatic carbocycles. The van der Waals surface area contributed by atoms with Gasteiger partial charge in [-0.2, -0.15) is 8.78 Å². The number of benzene rings is 3. The highest BCUT2D eigenvalue weighted by Gasteiger charge is 2.42. The van der Waals surface area contributed by atoms with Crippen molar-refractivity contribution in [2.45, 2.75) is 19.1 Å². The van der Waals surface area contributed by atoms with E-state index in [0.717, 1.165) is 10.5 Å². The molecule has 1 N–H and O–H groups in total. The maximum atomic E-state index is 13.3. The van der Waals surface area contributed by atoms with Crippen LogP contribution in [0.4, 0.5) is 14.5 Å². The Morgan fingerprint density at radius 1 is 0.939 bits per heavy atom. The van der Waals surface area contributed by atoms with Crippen LogP contribution in [0, 0.1) is 0 Å². The molecule has 4 rings (SSSR count). The van der Waals surface area contributed by atoms with E-state index in [-0.39, 0.29) is 34.0 Å². The fraction of sp³-hybridized carbons (Fsp3) is 0.125. The van der Waals surface area contributed by atoms with Crippen molar-refractivity contribution in [3.05, 3.63) is 94.5 Å². The Kier molecular flexibility index (Phi) is 6.37. The second-order valence-electron chi connectivity index (χ2n) is 7.24. The number of imide groups is 1. The van der Waals surface area contributed by atoms with Crippen molar-refractivity contribution < 1.29 is 27.9 Å². The van der Waals surface area contributed by atoms with Crippen molar-refractivity contribution >= 4 is 35.0 Å². The third-order valence-corrected chi connectivity index (χ3v) is 5.42. The first kappa shape index (κ1) is 22.4. The summed E-state index contributed by atoms with van der Waals surface area (Å²) >= 11 is 5.97. The fourth-order valence-electron chi connectivity index (χ4n) is 3.63. The first-order valence-corrected chi connectivity index (χ1v) is 10.3. The molecule has 33 heavy (non-hydrogen) atoms. The van der Waals surface area contributed by atoms with E-state index >= 15 is 0 Å². The normalized spacial score (nSPS) is 13.8. The molecular formula is C24H17ClF2N2O4. The summed E-state index contributed by atoms with van der Waals surface area (Å²) < 4.78 is 29.2. The lowest BCUT2D eigenvalue weighted by atomic mass is 10.0. The Labute approximate surface area is 192 Å². The summed E-state index contributed by atoms with van der Waals surface area (Å²) in [6, 6.07) is 17.9.